The third kappa shape index (κ3) is 4.09. The molecular formula is C22H22ClN3O2. The van der Waals surface area contributed by atoms with Gasteiger partial charge in [0.2, 0.25) is 11.8 Å². The first kappa shape index (κ1) is 18.7. The van der Waals surface area contributed by atoms with Crippen LogP contribution in [0.2, 0.25) is 5.02 Å². The highest BCUT2D eigenvalue weighted by Crippen LogP contribution is 2.30. The van der Waals surface area contributed by atoms with Gasteiger partial charge in [0, 0.05) is 22.2 Å². The average Bonchev–Trinajstić information content (AvgIpc) is 3.44. The number of halogens is 1. The summed E-state index contributed by atoms with van der Waals surface area (Å²) in [5, 5.41) is 8.90. The Morgan fingerprint density at radius 2 is 1.79 bits per heavy atom. The zero-order valence-electron chi connectivity index (χ0n) is 15.9. The summed E-state index contributed by atoms with van der Waals surface area (Å²) < 4.78 is 5.80. The quantitative estimate of drug-likeness (QED) is 0.566. The number of benzene rings is 2. The van der Waals surface area contributed by atoms with Crippen LogP contribution in [0.3, 0.4) is 0 Å². The van der Waals surface area contributed by atoms with Crippen LogP contribution in [0, 0.1) is 0 Å². The number of carbonyl (C=O) groups is 1. The molecule has 1 amide bonds. The summed E-state index contributed by atoms with van der Waals surface area (Å²) in [6, 6.07) is 15.3. The monoisotopic (exact) mass is 395 g/mol. The number of rotatable bonds is 6. The molecule has 1 aromatic heterocycles. The molecule has 28 heavy (non-hydrogen) atoms. The molecule has 6 heteroatoms. The number of amides is 1. The lowest BCUT2D eigenvalue weighted by Crippen LogP contribution is -2.32. The second kappa shape index (κ2) is 7.76. The number of aromatic nitrogens is 2. The van der Waals surface area contributed by atoms with Crippen LogP contribution in [0.15, 0.2) is 52.9 Å². The minimum absolute atomic E-state index is 0.00375. The summed E-state index contributed by atoms with van der Waals surface area (Å²) in [6.45, 7) is 4.60. The maximum atomic E-state index is 13.0. The molecule has 1 fully saturated rings. The Balaban J connectivity index is 1.51. The predicted molar refractivity (Wildman–Crippen MR) is 108 cm³/mol. The SMILES string of the molecule is CC(C)c1ccc(C(=O)N(Cc2nnc(-c3ccc(Cl)cc3)o2)C2CC2)cc1. The Hall–Kier alpha value is -2.66. The molecule has 144 valence electrons. The van der Waals surface area contributed by atoms with Gasteiger partial charge in [-0.15, -0.1) is 10.2 Å². The van der Waals surface area contributed by atoms with Crippen LogP contribution in [0.5, 0.6) is 0 Å². The zero-order valence-corrected chi connectivity index (χ0v) is 16.7. The van der Waals surface area contributed by atoms with E-state index in [0.29, 0.717) is 34.8 Å². The largest absolute Gasteiger partial charge is 0.419 e. The average molecular weight is 396 g/mol. The maximum Gasteiger partial charge on any atom is 0.254 e. The van der Waals surface area contributed by atoms with Crippen molar-refractivity contribution in [1.82, 2.24) is 15.1 Å². The van der Waals surface area contributed by atoms with Crippen LogP contribution >= 0.6 is 11.6 Å². The van der Waals surface area contributed by atoms with Gasteiger partial charge >= 0.3 is 0 Å². The van der Waals surface area contributed by atoms with E-state index < -0.39 is 0 Å². The van der Waals surface area contributed by atoms with Gasteiger partial charge in [-0.25, -0.2) is 0 Å². The van der Waals surface area contributed by atoms with Crippen molar-refractivity contribution in [3.05, 3.63) is 70.6 Å². The molecule has 0 unspecified atom stereocenters. The van der Waals surface area contributed by atoms with Gasteiger partial charge < -0.3 is 9.32 Å². The molecule has 4 rings (SSSR count). The molecule has 1 aliphatic carbocycles. The van der Waals surface area contributed by atoms with Crippen LogP contribution in [0.1, 0.15) is 54.4 Å². The first-order valence-corrected chi connectivity index (χ1v) is 9.88. The van der Waals surface area contributed by atoms with E-state index in [9.17, 15) is 4.79 Å². The molecule has 2 aromatic carbocycles. The Morgan fingerprint density at radius 3 is 2.39 bits per heavy atom. The highest BCUT2D eigenvalue weighted by atomic mass is 35.5. The van der Waals surface area contributed by atoms with Crippen molar-refractivity contribution in [2.45, 2.75) is 45.2 Å². The lowest BCUT2D eigenvalue weighted by Gasteiger charge is -2.21. The fourth-order valence-corrected chi connectivity index (χ4v) is 3.23. The van der Waals surface area contributed by atoms with Gasteiger partial charge in [-0.05, 0) is 60.7 Å². The highest BCUT2D eigenvalue weighted by Gasteiger charge is 2.34. The van der Waals surface area contributed by atoms with E-state index in [1.165, 1.54) is 5.56 Å². The smallest absolute Gasteiger partial charge is 0.254 e. The third-order valence-electron chi connectivity index (χ3n) is 4.94. The summed E-state index contributed by atoms with van der Waals surface area (Å²) in [5.41, 5.74) is 2.71. The number of nitrogens with zero attached hydrogens (tertiary/aromatic N) is 3. The molecule has 1 aliphatic rings. The topological polar surface area (TPSA) is 59.2 Å². The number of hydrogen-bond acceptors (Lipinski definition) is 4. The van der Waals surface area contributed by atoms with Crippen molar-refractivity contribution < 1.29 is 9.21 Å². The second-order valence-electron chi connectivity index (χ2n) is 7.45. The lowest BCUT2D eigenvalue weighted by molar-refractivity contribution is 0.0714. The molecule has 3 aromatic rings. The molecule has 0 bridgehead atoms. The molecule has 1 saturated carbocycles. The van der Waals surface area contributed by atoms with Crippen molar-refractivity contribution in [3.63, 3.8) is 0 Å². The minimum atomic E-state index is 0.00375. The predicted octanol–water partition coefficient (Wildman–Crippen LogP) is 5.32. The van der Waals surface area contributed by atoms with Gasteiger partial charge in [-0.2, -0.15) is 0 Å². The molecule has 0 N–H and O–H groups in total. The first-order chi connectivity index (χ1) is 13.5. The van der Waals surface area contributed by atoms with Gasteiger partial charge in [0.15, 0.2) is 0 Å². The Morgan fingerprint density at radius 1 is 1.11 bits per heavy atom. The Kier molecular flexibility index (Phi) is 5.18. The standard InChI is InChI=1S/C22H22ClN3O2/c1-14(2)15-3-5-17(6-4-15)22(27)26(19-11-12-19)13-20-24-25-21(28-20)16-7-9-18(23)10-8-16/h3-10,14,19H,11-13H2,1-2H3. The number of carbonyl (C=O) groups excluding carboxylic acids is 1. The van der Waals surface area contributed by atoms with Crippen molar-refractivity contribution >= 4 is 17.5 Å². The lowest BCUT2D eigenvalue weighted by atomic mass is 10.0. The van der Waals surface area contributed by atoms with Crippen LogP contribution in [0.25, 0.3) is 11.5 Å². The molecule has 5 nitrogen and oxygen atoms in total. The van der Waals surface area contributed by atoms with E-state index in [2.05, 4.69) is 24.0 Å². The fourth-order valence-electron chi connectivity index (χ4n) is 3.10. The maximum absolute atomic E-state index is 13.0. The fraction of sp³-hybridized carbons (Fsp3) is 0.318. The van der Waals surface area contributed by atoms with Crippen molar-refractivity contribution in [2.24, 2.45) is 0 Å². The number of hydrogen-bond donors (Lipinski definition) is 0. The molecule has 0 atom stereocenters. The second-order valence-corrected chi connectivity index (χ2v) is 7.89. The zero-order chi connectivity index (χ0) is 19.7. The van der Waals surface area contributed by atoms with Gasteiger partial charge in [-0.3, -0.25) is 4.79 Å². The molecule has 1 heterocycles. The molecule has 0 radical (unpaired) electrons. The van der Waals surface area contributed by atoms with Crippen molar-refractivity contribution in [2.75, 3.05) is 0 Å². The molecule has 0 spiro atoms. The van der Waals surface area contributed by atoms with Crippen molar-refractivity contribution in [1.29, 1.82) is 0 Å². The van der Waals surface area contributed by atoms with Crippen LogP contribution in [-0.2, 0) is 6.54 Å². The van der Waals surface area contributed by atoms with Crippen molar-refractivity contribution in [3.8, 4) is 11.5 Å². The Labute approximate surface area is 169 Å². The van der Waals surface area contributed by atoms with Crippen LogP contribution in [0.4, 0.5) is 0 Å². The van der Waals surface area contributed by atoms with Gasteiger partial charge in [0.05, 0.1) is 6.54 Å². The van der Waals surface area contributed by atoms with Crippen LogP contribution in [-0.4, -0.2) is 27.0 Å². The van der Waals surface area contributed by atoms with Gasteiger partial charge in [0.1, 0.15) is 0 Å². The van der Waals surface area contributed by atoms with E-state index in [1.54, 1.807) is 12.1 Å². The summed E-state index contributed by atoms with van der Waals surface area (Å²) in [7, 11) is 0. The minimum Gasteiger partial charge on any atom is -0.419 e. The van der Waals surface area contributed by atoms with E-state index in [4.69, 9.17) is 16.0 Å². The third-order valence-corrected chi connectivity index (χ3v) is 5.19. The molecular weight excluding hydrogens is 374 g/mol. The summed E-state index contributed by atoms with van der Waals surface area (Å²) >= 11 is 5.92. The first-order valence-electron chi connectivity index (χ1n) is 9.50. The normalized spacial score (nSPS) is 13.7. The Bertz CT molecular complexity index is 960. The van der Waals surface area contributed by atoms with Gasteiger partial charge in [-0.1, -0.05) is 37.6 Å². The van der Waals surface area contributed by atoms with Gasteiger partial charge in [0.25, 0.3) is 5.91 Å². The van der Waals surface area contributed by atoms with E-state index in [1.807, 2.05) is 41.3 Å². The molecule has 0 aliphatic heterocycles. The summed E-state index contributed by atoms with van der Waals surface area (Å²) in [4.78, 5) is 14.9. The van der Waals surface area contributed by atoms with Crippen LogP contribution < -0.4 is 0 Å². The van der Waals surface area contributed by atoms with E-state index in [-0.39, 0.29) is 11.9 Å². The van der Waals surface area contributed by atoms with E-state index >= 15 is 0 Å². The highest BCUT2D eigenvalue weighted by molar-refractivity contribution is 6.30. The van der Waals surface area contributed by atoms with E-state index in [0.717, 1.165) is 18.4 Å². The molecule has 0 saturated heterocycles. The summed E-state index contributed by atoms with van der Waals surface area (Å²) in [5.74, 6) is 1.30. The summed E-state index contributed by atoms with van der Waals surface area (Å²) in [6.07, 6.45) is 2.02.